The Morgan fingerprint density at radius 3 is 2.48 bits per heavy atom. The summed E-state index contributed by atoms with van der Waals surface area (Å²) in [5, 5.41) is 6.93. The average Bonchev–Trinajstić information content (AvgIpc) is 2.95. The molecular formula is C19H20F3N5O2. The van der Waals surface area contributed by atoms with Crippen LogP contribution in [0.25, 0.3) is 17.0 Å². The van der Waals surface area contributed by atoms with Crippen molar-refractivity contribution in [3.05, 3.63) is 52.1 Å². The van der Waals surface area contributed by atoms with Crippen LogP contribution in [0.4, 0.5) is 13.2 Å². The molecule has 154 valence electrons. The van der Waals surface area contributed by atoms with Crippen molar-refractivity contribution in [2.75, 3.05) is 0 Å². The maximum Gasteiger partial charge on any atom is 0.416 e. The third-order valence-corrected chi connectivity index (χ3v) is 4.48. The standard InChI is InChI=1S/C19H20F3N5O2/c1-4-11(2)23-16(28)10-26-18(29)27-15(25-26)9-12(3)24-17(27)13-5-7-14(8-6-13)19(20,21)22/h5-9,11H,4,10H2,1-3H3,(H,23,28). The topological polar surface area (TPSA) is 81.3 Å². The molecule has 0 aliphatic heterocycles. The smallest absolute Gasteiger partial charge is 0.352 e. The molecule has 0 fully saturated rings. The fourth-order valence-corrected chi connectivity index (χ4v) is 2.82. The van der Waals surface area contributed by atoms with Crippen molar-refractivity contribution < 1.29 is 18.0 Å². The zero-order valence-corrected chi connectivity index (χ0v) is 16.1. The molecule has 1 aromatic carbocycles. The Bertz CT molecular complexity index is 1100. The lowest BCUT2D eigenvalue weighted by atomic mass is 10.1. The monoisotopic (exact) mass is 407 g/mol. The Kier molecular flexibility index (Phi) is 5.45. The number of rotatable bonds is 5. The molecule has 10 heteroatoms. The molecule has 0 aliphatic rings. The fourth-order valence-electron chi connectivity index (χ4n) is 2.82. The first-order valence-corrected chi connectivity index (χ1v) is 9.04. The maximum absolute atomic E-state index is 12.8. The molecule has 0 radical (unpaired) electrons. The van der Waals surface area contributed by atoms with Crippen LogP contribution in [0.15, 0.2) is 35.1 Å². The molecule has 1 amide bonds. The Morgan fingerprint density at radius 2 is 1.90 bits per heavy atom. The van der Waals surface area contributed by atoms with E-state index in [1.807, 2.05) is 13.8 Å². The number of hydrogen-bond donors (Lipinski definition) is 1. The third-order valence-electron chi connectivity index (χ3n) is 4.48. The van der Waals surface area contributed by atoms with Gasteiger partial charge < -0.3 is 5.32 Å². The van der Waals surface area contributed by atoms with Crippen LogP contribution in [0, 0.1) is 6.92 Å². The summed E-state index contributed by atoms with van der Waals surface area (Å²) in [6, 6.07) is 5.90. The minimum Gasteiger partial charge on any atom is -0.352 e. The first-order chi connectivity index (χ1) is 13.6. The summed E-state index contributed by atoms with van der Waals surface area (Å²) >= 11 is 0. The second-order valence-corrected chi connectivity index (χ2v) is 6.81. The van der Waals surface area contributed by atoms with Gasteiger partial charge in [-0.2, -0.15) is 13.2 Å². The van der Waals surface area contributed by atoms with Gasteiger partial charge in [-0.25, -0.2) is 18.9 Å². The largest absolute Gasteiger partial charge is 0.416 e. The molecule has 1 unspecified atom stereocenters. The van der Waals surface area contributed by atoms with Crippen LogP contribution in [0.1, 0.15) is 31.5 Å². The Balaban J connectivity index is 2.04. The number of aryl methyl sites for hydroxylation is 1. The first-order valence-electron chi connectivity index (χ1n) is 9.04. The molecule has 2 heterocycles. The Labute approximate surface area is 164 Å². The predicted octanol–water partition coefficient (Wildman–Crippen LogP) is 2.80. The van der Waals surface area contributed by atoms with E-state index in [4.69, 9.17) is 0 Å². The van der Waals surface area contributed by atoms with E-state index in [1.165, 1.54) is 16.5 Å². The second kappa shape index (κ2) is 7.69. The van der Waals surface area contributed by atoms with Gasteiger partial charge in [-0.3, -0.25) is 4.79 Å². The van der Waals surface area contributed by atoms with Crippen LogP contribution in [-0.4, -0.2) is 31.1 Å². The molecule has 1 atom stereocenters. The van der Waals surface area contributed by atoms with Crippen molar-refractivity contribution in [3.63, 3.8) is 0 Å². The van der Waals surface area contributed by atoms with Crippen LogP contribution in [-0.2, 0) is 17.5 Å². The summed E-state index contributed by atoms with van der Waals surface area (Å²) < 4.78 is 40.7. The zero-order chi connectivity index (χ0) is 21.3. The number of aromatic nitrogens is 4. The van der Waals surface area contributed by atoms with Gasteiger partial charge in [-0.05, 0) is 32.4 Å². The number of alkyl halides is 3. The van der Waals surface area contributed by atoms with E-state index in [0.717, 1.165) is 23.2 Å². The SMILES string of the molecule is CCC(C)NC(=O)Cn1nc2cc(C)nc(-c3ccc(C(F)(F)F)cc3)n2c1=O. The van der Waals surface area contributed by atoms with Crippen molar-refractivity contribution in [1.29, 1.82) is 0 Å². The predicted molar refractivity (Wildman–Crippen MR) is 100 cm³/mol. The number of carbonyl (C=O) groups excluding carboxylic acids is 1. The van der Waals surface area contributed by atoms with Crippen LogP contribution < -0.4 is 11.0 Å². The van der Waals surface area contributed by atoms with Gasteiger partial charge in [-0.1, -0.05) is 19.1 Å². The Hall–Kier alpha value is -3.17. The van der Waals surface area contributed by atoms with Crippen LogP contribution in [0.3, 0.4) is 0 Å². The number of halogens is 3. The van der Waals surface area contributed by atoms with Gasteiger partial charge in [0.2, 0.25) is 5.91 Å². The molecule has 0 bridgehead atoms. The van der Waals surface area contributed by atoms with E-state index < -0.39 is 17.4 Å². The highest BCUT2D eigenvalue weighted by atomic mass is 19.4. The van der Waals surface area contributed by atoms with E-state index >= 15 is 0 Å². The van der Waals surface area contributed by atoms with Crippen molar-refractivity contribution >= 4 is 11.6 Å². The molecule has 3 rings (SSSR count). The lowest BCUT2D eigenvalue weighted by Crippen LogP contribution is -2.37. The summed E-state index contributed by atoms with van der Waals surface area (Å²) in [6.07, 6.45) is -3.72. The van der Waals surface area contributed by atoms with Crippen LogP contribution >= 0.6 is 0 Å². The lowest BCUT2D eigenvalue weighted by Gasteiger charge is -2.10. The minimum absolute atomic E-state index is 0.0400. The highest BCUT2D eigenvalue weighted by molar-refractivity contribution is 5.76. The van der Waals surface area contributed by atoms with Gasteiger partial charge in [0, 0.05) is 23.4 Å². The van der Waals surface area contributed by atoms with Gasteiger partial charge >= 0.3 is 11.9 Å². The molecular weight excluding hydrogens is 387 g/mol. The van der Waals surface area contributed by atoms with Crippen molar-refractivity contribution in [2.45, 2.75) is 46.0 Å². The molecule has 1 N–H and O–H groups in total. The number of nitrogens with zero attached hydrogens (tertiary/aromatic N) is 4. The number of amides is 1. The highest BCUT2D eigenvalue weighted by Crippen LogP contribution is 2.30. The van der Waals surface area contributed by atoms with Crippen molar-refractivity contribution in [3.8, 4) is 11.4 Å². The van der Waals surface area contributed by atoms with Crippen molar-refractivity contribution in [2.24, 2.45) is 0 Å². The quantitative estimate of drug-likeness (QED) is 0.705. The zero-order valence-electron chi connectivity index (χ0n) is 16.1. The van der Waals surface area contributed by atoms with Gasteiger partial charge in [0.25, 0.3) is 0 Å². The van der Waals surface area contributed by atoms with E-state index in [1.54, 1.807) is 13.0 Å². The normalized spacial score (nSPS) is 12.9. The molecule has 0 spiro atoms. The molecule has 7 nitrogen and oxygen atoms in total. The molecule has 0 saturated carbocycles. The molecule has 0 aliphatic carbocycles. The van der Waals surface area contributed by atoms with E-state index in [2.05, 4.69) is 15.4 Å². The highest BCUT2D eigenvalue weighted by Gasteiger charge is 2.30. The van der Waals surface area contributed by atoms with Gasteiger partial charge in [0.05, 0.1) is 5.56 Å². The molecule has 2 aromatic heterocycles. The second-order valence-electron chi connectivity index (χ2n) is 6.81. The van der Waals surface area contributed by atoms with Crippen LogP contribution in [0.5, 0.6) is 0 Å². The lowest BCUT2D eigenvalue weighted by molar-refractivity contribution is -0.137. The minimum atomic E-state index is -4.46. The average molecular weight is 407 g/mol. The molecule has 29 heavy (non-hydrogen) atoms. The van der Waals surface area contributed by atoms with E-state index in [0.29, 0.717) is 11.3 Å². The fraction of sp³-hybridized carbons (Fsp3) is 0.368. The third kappa shape index (κ3) is 4.30. The van der Waals surface area contributed by atoms with Crippen LogP contribution in [0.2, 0.25) is 0 Å². The van der Waals surface area contributed by atoms with Gasteiger partial charge in [-0.15, -0.1) is 5.10 Å². The number of nitrogens with one attached hydrogen (secondary N) is 1. The number of carbonyl (C=O) groups is 1. The van der Waals surface area contributed by atoms with E-state index in [-0.39, 0.29) is 30.0 Å². The van der Waals surface area contributed by atoms with Crippen molar-refractivity contribution in [1.82, 2.24) is 24.5 Å². The summed E-state index contributed by atoms with van der Waals surface area (Å²) in [6.45, 7) is 5.19. The Morgan fingerprint density at radius 1 is 1.24 bits per heavy atom. The van der Waals surface area contributed by atoms with Gasteiger partial charge in [0.1, 0.15) is 12.4 Å². The first kappa shape index (κ1) is 20.6. The maximum atomic E-state index is 12.8. The number of hydrogen-bond acceptors (Lipinski definition) is 4. The summed E-state index contributed by atoms with van der Waals surface area (Å²) in [4.78, 5) is 29.2. The summed E-state index contributed by atoms with van der Waals surface area (Å²) in [5.74, 6) is -0.196. The molecule has 3 aromatic rings. The number of fused-ring (bicyclic) bond motifs is 1. The molecule has 0 saturated heterocycles. The summed E-state index contributed by atoms with van der Waals surface area (Å²) in [5.41, 5.74) is -0.267. The van der Waals surface area contributed by atoms with Gasteiger partial charge in [0.15, 0.2) is 5.65 Å². The van der Waals surface area contributed by atoms with E-state index in [9.17, 15) is 22.8 Å². The number of benzene rings is 1. The summed E-state index contributed by atoms with van der Waals surface area (Å²) in [7, 11) is 0.